The third kappa shape index (κ3) is 1.67. The molecule has 1 saturated carbocycles. The van der Waals surface area contributed by atoms with Crippen LogP contribution in [0.3, 0.4) is 0 Å². The molecule has 3 nitrogen and oxygen atoms in total. The van der Waals surface area contributed by atoms with E-state index in [0.717, 1.165) is 12.5 Å². The second-order valence-electron chi connectivity index (χ2n) is 4.47. The topological polar surface area (TPSA) is 42.0 Å². The molecule has 3 unspecified atom stereocenters. The molecule has 1 N–H and O–H groups in total. The van der Waals surface area contributed by atoms with Crippen molar-refractivity contribution in [2.75, 3.05) is 0 Å². The monoisotopic (exact) mass is 242 g/mol. The highest BCUT2D eigenvalue weighted by Gasteiger charge is 2.54. The molecule has 3 rings (SSSR count). The molecule has 0 bridgehead atoms. The van der Waals surface area contributed by atoms with Gasteiger partial charge in [-0.1, -0.05) is 6.07 Å². The SMILES string of the molecule is O=C1NC(c2ccc(C(F)(F)F)nc2)C2CC12. The number of rotatable bonds is 1. The van der Waals surface area contributed by atoms with Crippen LogP contribution in [0.5, 0.6) is 0 Å². The number of aromatic nitrogens is 1. The number of fused-ring (bicyclic) bond motifs is 1. The molecular weight excluding hydrogens is 233 g/mol. The smallest absolute Gasteiger partial charge is 0.349 e. The Morgan fingerprint density at radius 3 is 2.53 bits per heavy atom. The average Bonchev–Trinajstić information content (AvgIpc) is 2.99. The number of alkyl halides is 3. The third-order valence-corrected chi connectivity index (χ3v) is 3.34. The molecular formula is C11H9F3N2O. The second-order valence-corrected chi connectivity index (χ2v) is 4.47. The molecule has 1 aliphatic heterocycles. The first-order chi connectivity index (χ1) is 7.97. The van der Waals surface area contributed by atoms with Crippen LogP contribution in [0, 0.1) is 11.8 Å². The Morgan fingerprint density at radius 1 is 1.35 bits per heavy atom. The molecule has 1 aliphatic carbocycles. The molecule has 1 aromatic rings. The number of nitrogens with one attached hydrogen (secondary N) is 1. The largest absolute Gasteiger partial charge is 0.433 e. The maximum atomic E-state index is 12.3. The zero-order valence-corrected chi connectivity index (χ0v) is 8.66. The Kier molecular flexibility index (Phi) is 1.99. The summed E-state index contributed by atoms with van der Waals surface area (Å²) in [5.41, 5.74) is -0.255. The van der Waals surface area contributed by atoms with Gasteiger partial charge in [-0.05, 0) is 24.0 Å². The molecule has 0 radical (unpaired) electrons. The van der Waals surface area contributed by atoms with Gasteiger partial charge < -0.3 is 5.32 Å². The van der Waals surface area contributed by atoms with Crippen LogP contribution in [0.1, 0.15) is 23.7 Å². The number of piperidine rings is 1. The van der Waals surface area contributed by atoms with Gasteiger partial charge in [-0.15, -0.1) is 0 Å². The van der Waals surface area contributed by atoms with E-state index in [4.69, 9.17) is 0 Å². The van der Waals surface area contributed by atoms with Crippen molar-refractivity contribution >= 4 is 5.91 Å². The maximum Gasteiger partial charge on any atom is 0.433 e. The van der Waals surface area contributed by atoms with Crippen LogP contribution in [-0.4, -0.2) is 10.9 Å². The first-order valence-electron chi connectivity index (χ1n) is 5.30. The minimum atomic E-state index is -4.42. The lowest BCUT2D eigenvalue weighted by Crippen LogP contribution is -2.23. The Morgan fingerprint density at radius 2 is 2.12 bits per heavy atom. The summed E-state index contributed by atoms with van der Waals surface area (Å²) in [6, 6.07) is 2.18. The summed E-state index contributed by atoms with van der Waals surface area (Å²) in [6.07, 6.45) is -2.38. The minimum Gasteiger partial charge on any atom is -0.349 e. The van der Waals surface area contributed by atoms with Crippen molar-refractivity contribution in [2.45, 2.75) is 18.6 Å². The predicted molar refractivity (Wildman–Crippen MR) is 51.7 cm³/mol. The first kappa shape index (κ1) is 10.6. The van der Waals surface area contributed by atoms with E-state index in [2.05, 4.69) is 10.3 Å². The molecule has 0 aromatic carbocycles. The normalized spacial score (nSPS) is 31.0. The third-order valence-electron chi connectivity index (χ3n) is 3.34. The van der Waals surface area contributed by atoms with Crippen LogP contribution in [-0.2, 0) is 11.0 Å². The van der Waals surface area contributed by atoms with Crippen molar-refractivity contribution in [2.24, 2.45) is 11.8 Å². The van der Waals surface area contributed by atoms with E-state index in [-0.39, 0.29) is 23.8 Å². The van der Waals surface area contributed by atoms with Crippen LogP contribution in [0.4, 0.5) is 13.2 Å². The van der Waals surface area contributed by atoms with Crippen molar-refractivity contribution in [3.8, 4) is 0 Å². The summed E-state index contributed by atoms with van der Waals surface area (Å²) in [7, 11) is 0. The molecule has 1 aromatic heterocycles. The standard InChI is InChI=1S/C11H9F3N2O/c12-11(13,14)8-2-1-5(4-15-8)9-6-3-7(6)10(17)16-9/h1-2,4,6-7,9H,3H2,(H,16,17). The predicted octanol–water partition coefficient (Wildman–Crippen LogP) is 1.91. The van der Waals surface area contributed by atoms with Gasteiger partial charge >= 0.3 is 6.18 Å². The van der Waals surface area contributed by atoms with Gasteiger partial charge in [-0.25, -0.2) is 0 Å². The van der Waals surface area contributed by atoms with Crippen molar-refractivity contribution in [1.29, 1.82) is 0 Å². The Hall–Kier alpha value is -1.59. The fraction of sp³-hybridized carbons (Fsp3) is 0.455. The molecule has 1 saturated heterocycles. The van der Waals surface area contributed by atoms with E-state index >= 15 is 0 Å². The van der Waals surface area contributed by atoms with Crippen molar-refractivity contribution in [3.63, 3.8) is 0 Å². The lowest BCUT2D eigenvalue weighted by molar-refractivity contribution is -0.141. The van der Waals surface area contributed by atoms with Crippen LogP contribution in [0.15, 0.2) is 18.3 Å². The number of pyridine rings is 1. The fourth-order valence-electron chi connectivity index (χ4n) is 2.34. The van der Waals surface area contributed by atoms with Crippen LogP contribution < -0.4 is 5.32 Å². The van der Waals surface area contributed by atoms with E-state index in [0.29, 0.717) is 5.56 Å². The molecule has 0 spiro atoms. The molecule has 17 heavy (non-hydrogen) atoms. The van der Waals surface area contributed by atoms with E-state index in [1.165, 1.54) is 12.3 Å². The van der Waals surface area contributed by atoms with E-state index in [9.17, 15) is 18.0 Å². The van der Waals surface area contributed by atoms with Gasteiger partial charge in [0.15, 0.2) is 0 Å². The zero-order chi connectivity index (χ0) is 12.2. The van der Waals surface area contributed by atoms with Crippen LogP contribution in [0.2, 0.25) is 0 Å². The maximum absolute atomic E-state index is 12.3. The minimum absolute atomic E-state index is 0.0000945. The summed E-state index contributed by atoms with van der Waals surface area (Å²) in [5.74, 6) is 0.295. The number of carbonyl (C=O) groups excluding carboxylic acids is 1. The molecule has 90 valence electrons. The molecule has 2 aliphatic rings. The van der Waals surface area contributed by atoms with Gasteiger partial charge in [-0.3, -0.25) is 9.78 Å². The van der Waals surface area contributed by atoms with E-state index < -0.39 is 11.9 Å². The molecule has 2 fully saturated rings. The highest BCUT2D eigenvalue weighted by molar-refractivity contribution is 5.85. The lowest BCUT2D eigenvalue weighted by atomic mass is 10.1. The van der Waals surface area contributed by atoms with Crippen molar-refractivity contribution < 1.29 is 18.0 Å². The van der Waals surface area contributed by atoms with Crippen molar-refractivity contribution in [3.05, 3.63) is 29.6 Å². The van der Waals surface area contributed by atoms with Gasteiger partial charge in [0.1, 0.15) is 5.69 Å². The number of hydrogen-bond donors (Lipinski definition) is 1. The van der Waals surface area contributed by atoms with E-state index in [1.54, 1.807) is 0 Å². The van der Waals surface area contributed by atoms with Gasteiger partial charge in [0, 0.05) is 12.1 Å². The van der Waals surface area contributed by atoms with Gasteiger partial charge in [0.2, 0.25) is 5.91 Å². The molecule has 3 atom stereocenters. The van der Waals surface area contributed by atoms with Gasteiger partial charge in [0.05, 0.1) is 6.04 Å². The number of carbonyl (C=O) groups is 1. The first-order valence-corrected chi connectivity index (χ1v) is 5.30. The second kappa shape index (κ2) is 3.21. The molecule has 2 heterocycles. The number of nitrogens with zero attached hydrogens (tertiary/aromatic N) is 1. The summed E-state index contributed by atoms with van der Waals surface area (Å²) in [6.45, 7) is 0. The van der Waals surface area contributed by atoms with Crippen molar-refractivity contribution in [1.82, 2.24) is 10.3 Å². The van der Waals surface area contributed by atoms with Crippen LogP contribution >= 0.6 is 0 Å². The Labute approximate surface area is 95.0 Å². The average molecular weight is 242 g/mol. The molecule has 1 amide bonds. The summed E-state index contributed by atoms with van der Waals surface area (Å²) in [4.78, 5) is 14.7. The van der Waals surface area contributed by atoms with Gasteiger partial charge in [0.25, 0.3) is 0 Å². The van der Waals surface area contributed by atoms with E-state index in [1.807, 2.05) is 0 Å². The quantitative estimate of drug-likeness (QED) is 0.817. The molecule has 6 heteroatoms. The number of amides is 1. The highest BCUT2D eigenvalue weighted by atomic mass is 19.4. The highest BCUT2D eigenvalue weighted by Crippen LogP contribution is 2.52. The lowest BCUT2D eigenvalue weighted by Gasteiger charge is -2.14. The summed E-state index contributed by atoms with van der Waals surface area (Å²) < 4.78 is 36.9. The number of hydrogen-bond acceptors (Lipinski definition) is 2. The van der Waals surface area contributed by atoms with Gasteiger partial charge in [-0.2, -0.15) is 13.2 Å². The zero-order valence-electron chi connectivity index (χ0n) is 8.66. The number of halogens is 3. The fourth-order valence-corrected chi connectivity index (χ4v) is 2.34. The van der Waals surface area contributed by atoms with Crippen LogP contribution in [0.25, 0.3) is 0 Å². The Bertz CT molecular complexity index is 469. The summed E-state index contributed by atoms with van der Waals surface area (Å²) in [5, 5.41) is 2.77. The summed E-state index contributed by atoms with van der Waals surface area (Å²) >= 11 is 0. The Balaban J connectivity index is 1.84.